The van der Waals surface area contributed by atoms with Gasteiger partial charge in [-0.3, -0.25) is 4.79 Å². The molecular formula is C19H16BrF3N2O3. The van der Waals surface area contributed by atoms with Gasteiger partial charge in [-0.2, -0.15) is 13.2 Å². The summed E-state index contributed by atoms with van der Waals surface area (Å²) in [5.74, 6) is -2.99. The van der Waals surface area contributed by atoms with Crippen LogP contribution in [0.2, 0.25) is 0 Å². The van der Waals surface area contributed by atoms with E-state index in [0.717, 1.165) is 5.56 Å². The number of hydrogen-bond donors (Lipinski definition) is 3. The monoisotopic (exact) mass is 456 g/mol. The van der Waals surface area contributed by atoms with Crippen LogP contribution < -0.4 is 10.6 Å². The number of hydrogen-bond acceptors (Lipinski definition) is 3. The van der Waals surface area contributed by atoms with E-state index in [9.17, 15) is 27.9 Å². The molecule has 3 rings (SSSR count). The van der Waals surface area contributed by atoms with Crippen molar-refractivity contribution in [2.24, 2.45) is 5.92 Å². The Balaban J connectivity index is 2.15. The van der Waals surface area contributed by atoms with Gasteiger partial charge in [-0.05, 0) is 24.6 Å². The Kier molecular flexibility index (Phi) is 5.24. The first kappa shape index (κ1) is 20.3. The molecule has 0 spiro atoms. The van der Waals surface area contributed by atoms with E-state index >= 15 is 0 Å². The van der Waals surface area contributed by atoms with Crippen LogP contribution in [0.15, 0.2) is 53.0 Å². The zero-order chi connectivity index (χ0) is 20.7. The van der Waals surface area contributed by atoms with Crippen LogP contribution in [0.3, 0.4) is 0 Å². The quantitative estimate of drug-likeness (QED) is 0.613. The fourth-order valence-electron chi connectivity index (χ4n) is 3.18. The number of aliphatic hydroxyl groups is 1. The van der Waals surface area contributed by atoms with Gasteiger partial charge in [-0.15, -0.1) is 0 Å². The van der Waals surface area contributed by atoms with Gasteiger partial charge < -0.3 is 15.7 Å². The number of carbonyl (C=O) groups is 2. The van der Waals surface area contributed by atoms with Gasteiger partial charge in [-0.1, -0.05) is 57.9 Å². The smallest absolute Gasteiger partial charge is 0.363 e. The fourth-order valence-corrected chi connectivity index (χ4v) is 3.45. The molecule has 0 bridgehead atoms. The minimum atomic E-state index is -5.27. The number of ketones is 1. The van der Waals surface area contributed by atoms with Crippen molar-refractivity contribution in [3.8, 4) is 0 Å². The highest BCUT2D eigenvalue weighted by atomic mass is 79.9. The van der Waals surface area contributed by atoms with Crippen LogP contribution in [0.1, 0.15) is 27.5 Å². The second-order valence-electron chi connectivity index (χ2n) is 6.60. The van der Waals surface area contributed by atoms with Gasteiger partial charge in [0.1, 0.15) is 5.92 Å². The van der Waals surface area contributed by atoms with E-state index in [2.05, 4.69) is 21.2 Å². The Bertz CT molecular complexity index is 900. The molecule has 3 atom stereocenters. The summed E-state index contributed by atoms with van der Waals surface area (Å²) in [5.41, 5.74) is -2.62. The van der Waals surface area contributed by atoms with Gasteiger partial charge in [-0.25, -0.2) is 4.79 Å². The molecule has 1 fully saturated rings. The number of halogens is 4. The Labute approximate surface area is 167 Å². The lowest BCUT2D eigenvalue weighted by Gasteiger charge is -2.45. The SMILES string of the molecule is Cc1ccc([C@@H]2NC(=O)N[C@](O)(C(F)(F)F)[C@H]2C(=O)c2ccc(Br)cc2)cc1. The zero-order valence-electron chi connectivity index (χ0n) is 14.5. The van der Waals surface area contributed by atoms with Crippen molar-refractivity contribution in [1.82, 2.24) is 10.6 Å². The molecule has 1 aliphatic rings. The normalized spacial score (nSPS) is 25.0. The molecule has 0 aromatic heterocycles. The van der Waals surface area contributed by atoms with Crippen LogP contribution in [-0.2, 0) is 0 Å². The number of aryl methyl sites for hydroxylation is 1. The summed E-state index contributed by atoms with van der Waals surface area (Å²) < 4.78 is 42.0. The number of Topliss-reactive ketones (excluding diaryl/α,β-unsaturated/α-hetero) is 1. The molecule has 1 aliphatic heterocycles. The summed E-state index contributed by atoms with van der Waals surface area (Å²) in [7, 11) is 0. The highest BCUT2D eigenvalue weighted by Gasteiger charge is 2.66. The summed E-state index contributed by atoms with van der Waals surface area (Å²) in [4.78, 5) is 25.0. The van der Waals surface area contributed by atoms with Crippen molar-refractivity contribution in [3.05, 3.63) is 69.7 Å². The lowest BCUT2D eigenvalue weighted by molar-refractivity contribution is -0.287. The van der Waals surface area contributed by atoms with Gasteiger partial charge in [0, 0.05) is 10.0 Å². The summed E-state index contributed by atoms with van der Waals surface area (Å²) in [6.07, 6.45) is -5.27. The summed E-state index contributed by atoms with van der Waals surface area (Å²) in [5, 5.41) is 14.3. The van der Waals surface area contributed by atoms with Crippen molar-refractivity contribution in [2.75, 3.05) is 0 Å². The maximum Gasteiger partial charge on any atom is 0.437 e. The van der Waals surface area contributed by atoms with Crippen molar-refractivity contribution < 1.29 is 27.9 Å². The topological polar surface area (TPSA) is 78.4 Å². The standard InChI is InChI=1S/C19H16BrF3N2O3/c1-10-2-4-11(5-3-10)15-14(16(26)12-6-8-13(20)9-7-12)18(28,19(21,22)23)25-17(27)24-15/h2-9,14-15,28H,1H3,(H2,24,25,27)/t14-,15+,18-/m1/s1. The number of amides is 2. The van der Waals surface area contributed by atoms with E-state index in [-0.39, 0.29) is 11.1 Å². The third-order valence-corrected chi connectivity index (χ3v) is 5.18. The molecule has 2 amide bonds. The summed E-state index contributed by atoms with van der Waals surface area (Å²) in [6, 6.07) is 9.47. The lowest BCUT2D eigenvalue weighted by Crippen LogP contribution is -2.72. The third kappa shape index (κ3) is 3.64. The molecular weight excluding hydrogens is 441 g/mol. The van der Waals surface area contributed by atoms with E-state index in [1.807, 2.05) is 0 Å². The molecule has 1 saturated heterocycles. The molecule has 2 aromatic rings. The highest BCUT2D eigenvalue weighted by molar-refractivity contribution is 9.10. The summed E-state index contributed by atoms with van der Waals surface area (Å²) >= 11 is 3.20. The van der Waals surface area contributed by atoms with Crippen molar-refractivity contribution in [2.45, 2.75) is 24.9 Å². The highest BCUT2D eigenvalue weighted by Crippen LogP contribution is 2.44. The van der Waals surface area contributed by atoms with Gasteiger partial charge in [0.05, 0.1) is 6.04 Å². The third-order valence-electron chi connectivity index (χ3n) is 4.65. The van der Waals surface area contributed by atoms with Crippen LogP contribution in [0.5, 0.6) is 0 Å². The molecule has 28 heavy (non-hydrogen) atoms. The molecule has 148 valence electrons. The van der Waals surface area contributed by atoms with Gasteiger partial charge >= 0.3 is 12.2 Å². The zero-order valence-corrected chi connectivity index (χ0v) is 16.1. The minimum Gasteiger partial charge on any atom is -0.363 e. The molecule has 0 unspecified atom stereocenters. The van der Waals surface area contributed by atoms with Crippen molar-refractivity contribution >= 4 is 27.7 Å². The van der Waals surface area contributed by atoms with E-state index in [1.54, 1.807) is 19.1 Å². The van der Waals surface area contributed by atoms with Crippen molar-refractivity contribution in [3.63, 3.8) is 0 Å². The van der Waals surface area contributed by atoms with Gasteiger partial charge in [0.2, 0.25) is 5.72 Å². The van der Waals surface area contributed by atoms with Gasteiger partial charge in [0.25, 0.3) is 0 Å². The Morgan fingerprint density at radius 2 is 1.68 bits per heavy atom. The van der Waals surface area contributed by atoms with E-state index in [4.69, 9.17) is 0 Å². The number of alkyl halides is 3. The number of benzene rings is 2. The molecule has 3 N–H and O–H groups in total. The molecule has 0 aliphatic carbocycles. The van der Waals surface area contributed by atoms with E-state index < -0.39 is 35.7 Å². The minimum absolute atomic E-state index is 0.0223. The fraction of sp³-hybridized carbons (Fsp3) is 0.263. The Morgan fingerprint density at radius 3 is 2.21 bits per heavy atom. The number of urea groups is 1. The molecule has 1 heterocycles. The Hall–Kier alpha value is -2.39. The van der Waals surface area contributed by atoms with Crippen LogP contribution in [-0.4, -0.2) is 28.8 Å². The first-order chi connectivity index (χ1) is 13.0. The molecule has 2 aromatic carbocycles. The largest absolute Gasteiger partial charge is 0.437 e. The van der Waals surface area contributed by atoms with E-state index in [1.165, 1.54) is 41.7 Å². The van der Waals surface area contributed by atoms with E-state index in [0.29, 0.717) is 4.47 Å². The molecule has 5 nitrogen and oxygen atoms in total. The first-order valence-corrected chi connectivity index (χ1v) is 9.06. The lowest BCUT2D eigenvalue weighted by atomic mass is 9.77. The molecule has 0 radical (unpaired) electrons. The predicted molar refractivity (Wildman–Crippen MR) is 98.6 cm³/mol. The van der Waals surface area contributed by atoms with Crippen LogP contribution >= 0.6 is 15.9 Å². The molecule has 9 heteroatoms. The van der Waals surface area contributed by atoms with Gasteiger partial charge in [0.15, 0.2) is 5.78 Å². The average molecular weight is 457 g/mol. The maximum atomic E-state index is 13.8. The average Bonchev–Trinajstić information content (AvgIpc) is 2.61. The number of carbonyl (C=O) groups excluding carboxylic acids is 2. The molecule has 0 saturated carbocycles. The Morgan fingerprint density at radius 1 is 1.11 bits per heavy atom. The summed E-state index contributed by atoms with van der Waals surface area (Å²) in [6.45, 7) is 1.79. The van der Waals surface area contributed by atoms with Crippen LogP contribution in [0.25, 0.3) is 0 Å². The van der Waals surface area contributed by atoms with Crippen LogP contribution in [0.4, 0.5) is 18.0 Å². The second-order valence-corrected chi connectivity index (χ2v) is 7.52. The first-order valence-electron chi connectivity index (χ1n) is 8.27. The van der Waals surface area contributed by atoms with Crippen molar-refractivity contribution in [1.29, 1.82) is 0 Å². The second kappa shape index (κ2) is 7.21. The number of rotatable bonds is 3. The number of nitrogens with one attached hydrogen (secondary N) is 2. The van der Waals surface area contributed by atoms with Crippen LogP contribution in [0, 0.1) is 12.8 Å². The maximum absolute atomic E-state index is 13.8. The predicted octanol–water partition coefficient (Wildman–Crippen LogP) is 3.86.